The Hall–Kier alpha value is -2.12. The lowest BCUT2D eigenvalue weighted by Crippen LogP contribution is -2.20. The Morgan fingerprint density at radius 1 is 1.19 bits per heavy atom. The van der Waals surface area contributed by atoms with Crippen LogP contribution < -0.4 is 10.6 Å². The van der Waals surface area contributed by atoms with Gasteiger partial charge >= 0.3 is 12.0 Å². The third-order valence-corrected chi connectivity index (χ3v) is 3.23. The van der Waals surface area contributed by atoms with Crippen molar-refractivity contribution in [3.05, 3.63) is 51.7 Å². The van der Waals surface area contributed by atoms with Gasteiger partial charge in [-0.3, -0.25) is 4.98 Å². The van der Waals surface area contributed by atoms with Crippen molar-refractivity contribution in [2.45, 2.75) is 0 Å². The van der Waals surface area contributed by atoms with Gasteiger partial charge in [-0.15, -0.1) is 0 Å². The number of hydrogen-bond donors (Lipinski definition) is 3. The normalized spacial score (nSPS) is 10.0. The van der Waals surface area contributed by atoms with E-state index in [4.69, 9.17) is 16.7 Å². The van der Waals surface area contributed by atoms with Gasteiger partial charge in [-0.2, -0.15) is 0 Å². The van der Waals surface area contributed by atoms with Crippen molar-refractivity contribution in [3.8, 4) is 0 Å². The largest absolute Gasteiger partial charge is 0.478 e. The standard InChI is InChI=1S/C13H9BrClN3O3/c14-8-1-2-11(10(15)4-8)18-13(21)17-9-3-7(12(19)20)5-16-6-9/h1-6H,(H,19,20)(H2,17,18,21). The summed E-state index contributed by atoms with van der Waals surface area (Å²) in [7, 11) is 0. The number of carboxylic acids is 1. The summed E-state index contributed by atoms with van der Waals surface area (Å²) >= 11 is 9.24. The first-order valence-corrected chi connectivity index (χ1v) is 6.84. The molecule has 2 amide bonds. The molecule has 0 saturated heterocycles. The smallest absolute Gasteiger partial charge is 0.337 e. The molecule has 108 valence electrons. The molecule has 1 aromatic heterocycles. The predicted molar refractivity (Wildman–Crippen MR) is 83.0 cm³/mol. The number of nitrogens with one attached hydrogen (secondary N) is 2. The van der Waals surface area contributed by atoms with E-state index < -0.39 is 12.0 Å². The van der Waals surface area contributed by atoms with E-state index in [2.05, 4.69) is 31.5 Å². The highest BCUT2D eigenvalue weighted by Crippen LogP contribution is 2.25. The molecule has 3 N–H and O–H groups in total. The molecule has 0 aliphatic rings. The van der Waals surface area contributed by atoms with Crippen LogP contribution in [0.5, 0.6) is 0 Å². The van der Waals surface area contributed by atoms with Crippen molar-refractivity contribution < 1.29 is 14.7 Å². The van der Waals surface area contributed by atoms with Crippen LogP contribution in [0.15, 0.2) is 41.1 Å². The number of benzene rings is 1. The minimum Gasteiger partial charge on any atom is -0.478 e. The van der Waals surface area contributed by atoms with E-state index in [1.54, 1.807) is 18.2 Å². The summed E-state index contributed by atoms with van der Waals surface area (Å²) in [5, 5.41) is 14.3. The Kier molecular flexibility index (Phi) is 4.77. The molecular weight excluding hydrogens is 362 g/mol. The number of nitrogens with zero attached hydrogens (tertiary/aromatic N) is 1. The van der Waals surface area contributed by atoms with Gasteiger partial charge in [0, 0.05) is 10.7 Å². The van der Waals surface area contributed by atoms with E-state index in [9.17, 15) is 9.59 Å². The van der Waals surface area contributed by atoms with E-state index in [0.717, 1.165) is 4.47 Å². The number of urea groups is 1. The van der Waals surface area contributed by atoms with Gasteiger partial charge in [0.05, 0.1) is 28.2 Å². The van der Waals surface area contributed by atoms with Gasteiger partial charge in [0.15, 0.2) is 0 Å². The molecule has 0 fully saturated rings. The number of aromatic nitrogens is 1. The minimum absolute atomic E-state index is 0.0190. The van der Waals surface area contributed by atoms with Crippen LogP contribution in [0.2, 0.25) is 5.02 Å². The number of pyridine rings is 1. The lowest BCUT2D eigenvalue weighted by Gasteiger charge is -2.09. The zero-order valence-corrected chi connectivity index (χ0v) is 12.8. The van der Waals surface area contributed by atoms with E-state index in [1.807, 2.05) is 0 Å². The molecular formula is C13H9BrClN3O3. The Labute approximate surface area is 133 Å². The molecule has 0 aliphatic heterocycles. The van der Waals surface area contributed by atoms with Gasteiger partial charge in [0.2, 0.25) is 0 Å². The molecule has 1 heterocycles. The predicted octanol–water partition coefficient (Wildman–Crippen LogP) is 3.84. The van der Waals surface area contributed by atoms with Crippen LogP contribution in [0.25, 0.3) is 0 Å². The summed E-state index contributed by atoms with van der Waals surface area (Å²) in [4.78, 5) is 26.4. The number of halogens is 2. The monoisotopic (exact) mass is 369 g/mol. The first-order chi connectivity index (χ1) is 9.95. The summed E-state index contributed by atoms with van der Waals surface area (Å²) in [5.41, 5.74) is 0.676. The van der Waals surface area contributed by atoms with Gasteiger partial charge in [-0.1, -0.05) is 27.5 Å². The molecule has 0 saturated carbocycles. The number of aromatic carboxylic acids is 1. The molecule has 0 bridgehead atoms. The zero-order chi connectivity index (χ0) is 15.4. The molecule has 0 aliphatic carbocycles. The molecule has 2 rings (SSSR count). The maximum absolute atomic E-state index is 11.8. The first kappa shape index (κ1) is 15.3. The third-order valence-electron chi connectivity index (χ3n) is 2.42. The molecule has 0 spiro atoms. The Balaban J connectivity index is 2.08. The van der Waals surface area contributed by atoms with Crippen molar-refractivity contribution in [2.75, 3.05) is 10.6 Å². The number of rotatable bonds is 3. The van der Waals surface area contributed by atoms with Crippen molar-refractivity contribution >= 4 is 50.9 Å². The highest BCUT2D eigenvalue weighted by atomic mass is 79.9. The Morgan fingerprint density at radius 3 is 2.62 bits per heavy atom. The fraction of sp³-hybridized carbons (Fsp3) is 0. The average Bonchev–Trinajstić information content (AvgIpc) is 2.42. The highest BCUT2D eigenvalue weighted by Gasteiger charge is 2.09. The third kappa shape index (κ3) is 4.17. The van der Waals surface area contributed by atoms with E-state index >= 15 is 0 Å². The summed E-state index contributed by atoms with van der Waals surface area (Å²) < 4.78 is 0.789. The van der Waals surface area contributed by atoms with Crippen LogP contribution in [-0.2, 0) is 0 Å². The van der Waals surface area contributed by atoms with E-state index in [0.29, 0.717) is 10.7 Å². The fourth-order valence-electron chi connectivity index (χ4n) is 1.50. The molecule has 0 unspecified atom stereocenters. The van der Waals surface area contributed by atoms with Crippen LogP contribution in [-0.4, -0.2) is 22.1 Å². The summed E-state index contributed by atoms with van der Waals surface area (Å²) in [5.74, 6) is -1.12. The second kappa shape index (κ2) is 6.55. The average molecular weight is 371 g/mol. The molecule has 8 heteroatoms. The second-order valence-electron chi connectivity index (χ2n) is 3.97. The number of hydrogen-bond acceptors (Lipinski definition) is 3. The summed E-state index contributed by atoms with van der Waals surface area (Å²) in [6.07, 6.45) is 2.53. The molecule has 2 aromatic rings. The molecule has 21 heavy (non-hydrogen) atoms. The Morgan fingerprint density at radius 2 is 1.95 bits per heavy atom. The molecule has 0 atom stereocenters. The number of carbonyl (C=O) groups is 2. The van der Waals surface area contributed by atoms with Crippen LogP contribution in [0.3, 0.4) is 0 Å². The number of carbonyl (C=O) groups excluding carboxylic acids is 1. The number of carboxylic acid groups (broad SMARTS) is 1. The van der Waals surface area contributed by atoms with Crippen molar-refractivity contribution in [2.24, 2.45) is 0 Å². The van der Waals surface area contributed by atoms with Crippen molar-refractivity contribution in [1.29, 1.82) is 0 Å². The lowest BCUT2D eigenvalue weighted by atomic mass is 10.2. The molecule has 6 nitrogen and oxygen atoms in total. The summed E-state index contributed by atoms with van der Waals surface area (Å²) in [6.45, 7) is 0. The van der Waals surface area contributed by atoms with Crippen LogP contribution in [0.1, 0.15) is 10.4 Å². The maximum Gasteiger partial charge on any atom is 0.337 e. The number of amides is 2. The fourth-order valence-corrected chi connectivity index (χ4v) is 2.22. The second-order valence-corrected chi connectivity index (χ2v) is 5.29. The molecule has 1 aromatic carbocycles. The van der Waals surface area contributed by atoms with Gasteiger partial charge in [-0.05, 0) is 24.3 Å². The minimum atomic E-state index is -1.12. The van der Waals surface area contributed by atoms with Crippen molar-refractivity contribution in [1.82, 2.24) is 4.98 Å². The topological polar surface area (TPSA) is 91.3 Å². The van der Waals surface area contributed by atoms with E-state index in [1.165, 1.54) is 18.5 Å². The number of anilines is 2. The van der Waals surface area contributed by atoms with Crippen LogP contribution in [0, 0.1) is 0 Å². The lowest BCUT2D eigenvalue weighted by molar-refractivity contribution is 0.0696. The zero-order valence-electron chi connectivity index (χ0n) is 10.4. The summed E-state index contributed by atoms with van der Waals surface area (Å²) in [6, 6.07) is 5.76. The van der Waals surface area contributed by atoms with E-state index in [-0.39, 0.29) is 11.3 Å². The Bertz CT molecular complexity index is 709. The first-order valence-electron chi connectivity index (χ1n) is 5.67. The maximum atomic E-state index is 11.8. The van der Waals surface area contributed by atoms with Gasteiger partial charge in [0.1, 0.15) is 0 Å². The van der Waals surface area contributed by atoms with Crippen molar-refractivity contribution in [3.63, 3.8) is 0 Å². The SMILES string of the molecule is O=C(Nc1cncc(C(=O)O)c1)Nc1ccc(Br)cc1Cl. The van der Waals surface area contributed by atoms with Gasteiger partial charge < -0.3 is 15.7 Å². The molecule has 0 radical (unpaired) electrons. The van der Waals surface area contributed by atoms with Crippen LogP contribution in [0.4, 0.5) is 16.2 Å². The quantitative estimate of drug-likeness (QED) is 0.765. The van der Waals surface area contributed by atoms with Gasteiger partial charge in [0.25, 0.3) is 0 Å². The highest BCUT2D eigenvalue weighted by molar-refractivity contribution is 9.10. The van der Waals surface area contributed by atoms with Gasteiger partial charge in [-0.25, -0.2) is 9.59 Å². The van der Waals surface area contributed by atoms with Crippen LogP contribution >= 0.6 is 27.5 Å².